The summed E-state index contributed by atoms with van der Waals surface area (Å²) >= 11 is 1.38. The maximum Gasteiger partial charge on any atom is 0.224 e. The van der Waals surface area contributed by atoms with Crippen molar-refractivity contribution in [2.24, 2.45) is 0 Å². The van der Waals surface area contributed by atoms with Gasteiger partial charge in [-0.05, 0) is 31.5 Å². The molecular formula is C22H23N3O2S. The van der Waals surface area contributed by atoms with E-state index < -0.39 is 0 Å². The molecule has 0 fully saturated rings. The van der Waals surface area contributed by atoms with Gasteiger partial charge < -0.3 is 15.4 Å². The van der Waals surface area contributed by atoms with Gasteiger partial charge in [-0.1, -0.05) is 60.8 Å². The highest BCUT2D eigenvalue weighted by molar-refractivity contribution is 8.11. The van der Waals surface area contributed by atoms with Gasteiger partial charge in [0.25, 0.3) is 0 Å². The average Bonchev–Trinajstić information content (AvgIpc) is 2.72. The first-order valence-electron chi connectivity index (χ1n) is 8.91. The number of rotatable bonds is 10. The van der Waals surface area contributed by atoms with Crippen LogP contribution in [0, 0.1) is 11.5 Å². The lowest BCUT2D eigenvalue weighted by molar-refractivity contribution is -0.120. The number of nitriles is 1. The topological polar surface area (TPSA) is 74.2 Å². The highest BCUT2D eigenvalue weighted by atomic mass is 32.2. The lowest BCUT2D eigenvalue weighted by Gasteiger charge is -2.14. The van der Waals surface area contributed by atoms with Crippen LogP contribution in [0.3, 0.4) is 0 Å². The Morgan fingerprint density at radius 3 is 2.64 bits per heavy atom. The Morgan fingerprint density at radius 2 is 1.93 bits per heavy atom. The van der Waals surface area contributed by atoms with E-state index in [1.165, 1.54) is 11.8 Å². The maximum atomic E-state index is 12.1. The molecule has 0 aliphatic heterocycles. The molecule has 0 saturated carbocycles. The van der Waals surface area contributed by atoms with Crippen LogP contribution >= 0.6 is 11.8 Å². The Morgan fingerprint density at radius 1 is 1.21 bits per heavy atom. The standard InChI is InChI=1S/C22H23N3O2S/c1-3-22(25-21(26)14-9-15-24-16-23)28-17(2)19-12-7-8-13-20(19)27-18-10-5-4-6-11-18/h3-8,10-13,24H,2,9,14-15H2,1H3,(H,25,26)/b22-3-. The van der Waals surface area contributed by atoms with Crippen molar-refractivity contribution >= 4 is 22.6 Å². The van der Waals surface area contributed by atoms with Crippen molar-refractivity contribution in [3.8, 4) is 17.7 Å². The highest BCUT2D eigenvalue weighted by Gasteiger charge is 2.12. The van der Waals surface area contributed by atoms with Gasteiger partial charge in [-0.3, -0.25) is 4.79 Å². The summed E-state index contributed by atoms with van der Waals surface area (Å²) in [4.78, 5) is 12.8. The van der Waals surface area contributed by atoms with Gasteiger partial charge in [0.05, 0.1) is 5.03 Å². The lowest BCUT2D eigenvalue weighted by Crippen LogP contribution is -2.22. The summed E-state index contributed by atoms with van der Waals surface area (Å²) in [6.07, 6.45) is 4.61. The third-order valence-electron chi connectivity index (χ3n) is 3.70. The molecule has 0 heterocycles. The molecule has 2 N–H and O–H groups in total. The first kappa shape index (κ1) is 21.1. The summed E-state index contributed by atoms with van der Waals surface area (Å²) in [6, 6.07) is 17.2. The minimum absolute atomic E-state index is 0.0954. The number of amides is 1. The molecule has 0 aliphatic carbocycles. The molecule has 1 amide bonds. The summed E-state index contributed by atoms with van der Waals surface area (Å²) in [5.41, 5.74) is 0.864. The molecule has 144 valence electrons. The monoisotopic (exact) mass is 393 g/mol. The Kier molecular flexibility index (Phi) is 8.70. The van der Waals surface area contributed by atoms with E-state index in [0.717, 1.165) is 16.2 Å². The fourth-order valence-electron chi connectivity index (χ4n) is 2.34. The van der Waals surface area contributed by atoms with Gasteiger partial charge in [0.2, 0.25) is 5.91 Å². The van der Waals surface area contributed by atoms with E-state index in [1.54, 1.807) is 0 Å². The zero-order chi connectivity index (χ0) is 20.2. The van der Waals surface area contributed by atoms with E-state index in [2.05, 4.69) is 17.2 Å². The van der Waals surface area contributed by atoms with Crippen LogP contribution in [0.4, 0.5) is 0 Å². The number of benzene rings is 2. The summed E-state index contributed by atoms with van der Waals surface area (Å²) in [5.74, 6) is 1.36. The quantitative estimate of drug-likeness (QED) is 0.337. The van der Waals surface area contributed by atoms with Crippen molar-refractivity contribution < 1.29 is 9.53 Å². The Labute approximate surface area is 170 Å². The third kappa shape index (κ3) is 6.86. The summed E-state index contributed by atoms with van der Waals surface area (Å²) in [6.45, 7) is 6.50. The number of para-hydroxylation sites is 2. The number of nitrogens with zero attached hydrogens (tertiary/aromatic N) is 1. The Balaban J connectivity index is 1.99. The molecule has 2 rings (SSSR count). The fourth-order valence-corrected chi connectivity index (χ4v) is 3.17. The number of hydrogen-bond acceptors (Lipinski definition) is 5. The molecule has 0 spiro atoms. The predicted molar refractivity (Wildman–Crippen MR) is 114 cm³/mol. The van der Waals surface area contributed by atoms with Crippen molar-refractivity contribution in [3.05, 3.63) is 77.8 Å². The number of allylic oxidation sites excluding steroid dienone is 1. The first-order valence-corrected chi connectivity index (χ1v) is 9.73. The van der Waals surface area contributed by atoms with Gasteiger partial charge in [0.15, 0.2) is 6.19 Å². The molecule has 0 aliphatic rings. The fraction of sp³-hybridized carbons (Fsp3) is 0.182. The maximum absolute atomic E-state index is 12.1. The SMILES string of the molecule is C=C(S/C(=C\C)NC(=O)CCCNC#N)c1ccccc1Oc1ccccc1. The molecule has 0 saturated heterocycles. The molecule has 5 nitrogen and oxygen atoms in total. The molecular weight excluding hydrogens is 370 g/mol. The number of ether oxygens (including phenoxy) is 1. The van der Waals surface area contributed by atoms with Crippen LogP contribution in [0.25, 0.3) is 4.91 Å². The van der Waals surface area contributed by atoms with Crippen LogP contribution in [0.1, 0.15) is 25.3 Å². The van der Waals surface area contributed by atoms with Gasteiger partial charge in [-0.15, -0.1) is 0 Å². The van der Waals surface area contributed by atoms with Crippen molar-refractivity contribution in [2.75, 3.05) is 6.54 Å². The second kappa shape index (κ2) is 11.5. The Bertz CT molecular complexity index is 873. The minimum atomic E-state index is -0.0954. The second-order valence-electron chi connectivity index (χ2n) is 5.78. The molecule has 0 unspecified atom stereocenters. The molecule has 28 heavy (non-hydrogen) atoms. The van der Waals surface area contributed by atoms with Gasteiger partial charge in [-0.25, -0.2) is 0 Å². The van der Waals surface area contributed by atoms with Crippen LogP contribution in [0.15, 0.2) is 72.3 Å². The lowest BCUT2D eigenvalue weighted by atomic mass is 10.2. The van der Waals surface area contributed by atoms with Crippen molar-refractivity contribution in [3.63, 3.8) is 0 Å². The summed E-state index contributed by atoms with van der Waals surface area (Å²) < 4.78 is 5.99. The zero-order valence-electron chi connectivity index (χ0n) is 15.8. The number of carbonyl (C=O) groups is 1. The molecule has 0 radical (unpaired) electrons. The van der Waals surface area contributed by atoms with E-state index in [-0.39, 0.29) is 5.91 Å². The summed E-state index contributed by atoms with van der Waals surface area (Å²) in [5, 5.41) is 14.6. The van der Waals surface area contributed by atoms with Crippen molar-refractivity contribution in [2.45, 2.75) is 19.8 Å². The van der Waals surface area contributed by atoms with E-state index in [0.29, 0.717) is 30.2 Å². The third-order valence-corrected chi connectivity index (χ3v) is 4.73. The highest BCUT2D eigenvalue weighted by Crippen LogP contribution is 2.37. The smallest absolute Gasteiger partial charge is 0.224 e. The number of thioether (sulfide) groups is 1. The average molecular weight is 394 g/mol. The van der Waals surface area contributed by atoms with E-state index in [9.17, 15) is 4.79 Å². The largest absolute Gasteiger partial charge is 0.457 e. The van der Waals surface area contributed by atoms with Crippen LogP contribution in [-0.2, 0) is 4.79 Å². The molecule has 0 atom stereocenters. The van der Waals surface area contributed by atoms with E-state index >= 15 is 0 Å². The van der Waals surface area contributed by atoms with Crippen LogP contribution in [0.5, 0.6) is 11.5 Å². The normalized spacial score (nSPS) is 10.6. The van der Waals surface area contributed by atoms with Gasteiger partial charge in [0.1, 0.15) is 11.5 Å². The molecule has 6 heteroatoms. The van der Waals surface area contributed by atoms with Gasteiger partial charge in [0, 0.05) is 23.4 Å². The van der Waals surface area contributed by atoms with Gasteiger partial charge in [-0.2, -0.15) is 5.26 Å². The number of hydrogen-bond donors (Lipinski definition) is 2. The molecule has 2 aromatic carbocycles. The van der Waals surface area contributed by atoms with Gasteiger partial charge >= 0.3 is 0 Å². The minimum Gasteiger partial charge on any atom is -0.457 e. The van der Waals surface area contributed by atoms with Crippen LogP contribution in [0.2, 0.25) is 0 Å². The number of carbonyl (C=O) groups excluding carboxylic acids is 1. The summed E-state index contributed by atoms with van der Waals surface area (Å²) in [7, 11) is 0. The van der Waals surface area contributed by atoms with E-state index in [4.69, 9.17) is 10.00 Å². The number of nitrogens with one attached hydrogen (secondary N) is 2. The van der Waals surface area contributed by atoms with Crippen LogP contribution < -0.4 is 15.4 Å². The van der Waals surface area contributed by atoms with Crippen LogP contribution in [-0.4, -0.2) is 12.5 Å². The molecule has 0 bridgehead atoms. The van der Waals surface area contributed by atoms with Crippen molar-refractivity contribution in [1.29, 1.82) is 5.26 Å². The Hall–Kier alpha value is -3.17. The van der Waals surface area contributed by atoms with Crippen molar-refractivity contribution in [1.82, 2.24) is 10.6 Å². The molecule has 2 aromatic rings. The molecule has 0 aromatic heterocycles. The second-order valence-corrected chi connectivity index (χ2v) is 6.92. The predicted octanol–water partition coefficient (Wildman–Crippen LogP) is 5.01. The first-order chi connectivity index (χ1) is 13.6. The van der Waals surface area contributed by atoms with E-state index in [1.807, 2.05) is 73.8 Å². The zero-order valence-corrected chi connectivity index (χ0v) is 16.6.